The fourth-order valence-electron chi connectivity index (χ4n) is 2.84. The van der Waals surface area contributed by atoms with Crippen molar-refractivity contribution in [1.29, 1.82) is 0 Å². The van der Waals surface area contributed by atoms with Crippen LogP contribution in [0, 0.1) is 20.8 Å². The molecule has 0 bridgehead atoms. The minimum atomic E-state index is -0.262. The zero-order chi connectivity index (χ0) is 18.7. The lowest BCUT2D eigenvalue weighted by Gasteiger charge is -2.07. The molecule has 0 aliphatic carbocycles. The Kier molecular flexibility index (Phi) is 5.11. The van der Waals surface area contributed by atoms with E-state index in [1.165, 1.54) is 0 Å². The van der Waals surface area contributed by atoms with Crippen molar-refractivity contribution in [2.45, 2.75) is 33.9 Å². The highest BCUT2D eigenvalue weighted by Crippen LogP contribution is 2.18. The minimum Gasteiger partial charge on any atom is -0.486 e. The molecule has 6 nitrogen and oxygen atoms in total. The maximum absolute atomic E-state index is 12.2. The van der Waals surface area contributed by atoms with Crippen molar-refractivity contribution >= 4 is 5.91 Å². The van der Waals surface area contributed by atoms with Crippen molar-refractivity contribution in [3.05, 3.63) is 70.4 Å². The predicted molar refractivity (Wildman–Crippen MR) is 98.1 cm³/mol. The fraction of sp³-hybridized carbons (Fsp3) is 0.300. The number of carbonyl (C=O) groups is 1. The number of rotatable bonds is 6. The van der Waals surface area contributed by atoms with Crippen LogP contribution in [0.15, 0.2) is 40.8 Å². The number of amides is 1. The number of ether oxygens (including phenoxy) is 1. The molecule has 1 amide bonds. The summed E-state index contributed by atoms with van der Waals surface area (Å²) in [7, 11) is 1.85. The van der Waals surface area contributed by atoms with E-state index in [1.54, 1.807) is 16.8 Å². The summed E-state index contributed by atoms with van der Waals surface area (Å²) in [6.45, 7) is 6.64. The van der Waals surface area contributed by atoms with Gasteiger partial charge in [-0.05, 0) is 62.2 Å². The van der Waals surface area contributed by atoms with Gasteiger partial charge in [-0.25, -0.2) is 0 Å². The highest BCUT2D eigenvalue weighted by atomic mass is 16.5. The maximum Gasteiger partial charge on any atom is 0.287 e. The molecular formula is C20H23N3O3. The van der Waals surface area contributed by atoms with Crippen molar-refractivity contribution in [2.75, 3.05) is 0 Å². The summed E-state index contributed by atoms with van der Waals surface area (Å²) in [5, 5.41) is 7.09. The van der Waals surface area contributed by atoms with Crippen LogP contribution in [0.4, 0.5) is 0 Å². The lowest BCUT2D eigenvalue weighted by atomic mass is 10.1. The summed E-state index contributed by atoms with van der Waals surface area (Å²) >= 11 is 0. The Bertz CT molecular complexity index is 904. The van der Waals surface area contributed by atoms with Gasteiger partial charge in [-0.3, -0.25) is 9.48 Å². The van der Waals surface area contributed by atoms with Gasteiger partial charge < -0.3 is 14.5 Å². The van der Waals surface area contributed by atoms with Gasteiger partial charge in [-0.15, -0.1) is 0 Å². The molecular weight excluding hydrogens is 330 g/mol. The molecule has 0 aliphatic heterocycles. The molecule has 2 heterocycles. The Morgan fingerprint density at radius 2 is 1.88 bits per heavy atom. The number of benzene rings is 1. The Morgan fingerprint density at radius 3 is 2.54 bits per heavy atom. The average molecular weight is 353 g/mol. The molecule has 1 N–H and O–H groups in total. The lowest BCUT2D eigenvalue weighted by Crippen LogP contribution is -2.23. The van der Waals surface area contributed by atoms with Crippen molar-refractivity contribution < 1.29 is 13.9 Å². The number of hydrogen-bond donors (Lipinski definition) is 1. The smallest absolute Gasteiger partial charge is 0.287 e. The number of nitrogens with zero attached hydrogens (tertiary/aromatic N) is 2. The van der Waals surface area contributed by atoms with Crippen LogP contribution in [0.25, 0.3) is 0 Å². The molecule has 0 atom stereocenters. The highest BCUT2D eigenvalue weighted by Gasteiger charge is 2.12. The van der Waals surface area contributed by atoms with Gasteiger partial charge in [0.15, 0.2) is 5.76 Å². The molecule has 0 spiro atoms. The Balaban J connectivity index is 1.56. The van der Waals surface area contributed by atoms with E-state index in [2.05, 4.69) is 16.5 Å². The standard InChI is InChI=1S/C20H23N3O3/c1-13-7-14(2)9-18(8-13)25-12-17-5-6-19(26-17)20(24)21-11-16-10-15(3)22-23(16)4/h5-10H,11-12H2,1-4H3,(H,21,24). The first-order valence-electron chi connectivity index (χ1n) is 8.48. The van der Waals surface area contributed by atoms with Crippen LogP contribution in [0.1, 0.15) is 38.8 Å². The van der Waals surface area contributed by atoms with Gasteiger partial charge in [0.25, 0.3) is 5.91 Å². The van der Waals surface area contributed by atoms with Gasteiger partial charge in [-0.2, -0.15) is 5.10 Å². The Morgan fingerprint density at radius 1 is 1.15 bits per heavy atom. The molecule has 3 aromatic rings. The predicted octanol–water partition coefficient (Wildman–Crippen LogP) is 3.45. The Labute approximate surface area is 152 Å². The molecule has 6 heteroatoms. The molecule has 2 aromatic heterocycles. The van der Waals surface area contributed by atoms with Crippen LogP contribution < -0.4 is 10.1 Å². The molecule has 0 saturated carbocycles. The topological polar surface area (TPSA) is 69.3 Å². The van der Waals surface area contributed by atoms with Crippen LogP contribution in [0.5, 0.6) is 5.75 Å². The molecule has 0 radical (unpaired) electrons. The van der Waals surface area contributed by atoms with Crippen molar-refractivity contribution in [2.24, 2.45) is 7.05 Å². The first-order chi connectivity index (χ1) is 12.4. The van der Waals surface area contributed by atoms with Crippen molar-refractivity contribution in [3.63, 3.8) is 0 Å². The van der Waals surface area contributed by atoms with Gasteiger partial charge in [-0.1, -0.05) is 6.07 Å². The molecule has 136 valence electrons. The second-order valence-electron chi connectivity index (χ2n) is 6.46. The van der Waals surface area contributed by atoms with Gasteiger partial charge in [0, 0.05) is 7.05 Å². The summed E-state index contributed by atoms with van der Waals surface area (Å²) in [6.07, 6.45) is 0. The van der Waals surface area contributed by atoms with E-state index in [0.29, 0.717) is 12.3 Å². The SMILES string of the molecule is Cc1cc(C)cc(OCc2ccc(C(=O)NCc3cc(C)nn3C)o2)c1. The van der Waals surface area contributed by atoms with Gasteiger partial charge in [0.05, 0.1) is 17.9 Å². The number of hydrogen-bond acceptors (Lipinski definition) is 4. The summed E-state index contributed by atoms with van der Waals surface area (Å²) in [4.78, 5) is 12.2. The first kappa shape index (κ1) is 17.8. The molecule has 0 fully saturated rings. The summed E-state index contributed by atoms with van der Waals surface area (Å²) < 4.78 is 13.1. The van der Waals surface area contributed by atoms with E-state index >= 15 is 0 Å². The van der Waals surface area contributed by atoms with Gasteiger partial charge in [0.2, 0.25) is 0 Å². The molecule has 0 unspecified atom stereocenters. The third-order valence-corrected chi connectivity index (χ3v) is 3.99. The zero-order valence-electron chi connectivity index (χ0n) is 15.5. The third-order valence-electron chi connectivity index (χ3n) is 3.99. The maximum atomic E-state index is 12.2. The van der Waals surface area contributed by atoms with Crippen LogP contribution >= 0.6 is 0 Å². The summed E-state index contributed by atoms with van der Waals surface area (Å²) in [5.74, 6) is 1.39. The van der Waals surface area contributed by atoms with Crippen LogP contribution in [-0.2, 0) is 20.2 Å². The van der Waals surface area contributed by atoms with E-state index in [-0.39, 0.29) is 18.3 Å². The van der Waals surface area contributed by atoms with Crippen molar-refractivity contribution in [1.82, 2.24) is 15.1 Å². The van der Waals surface area contributed by atoms with E-state index in [0.717, 1.165) is 28.3 Å². The number of furan rings is 1. The quantitative estimate of drug-likeness (QED) is 0.737. The molecule has 0 saturated heterocycles. The van der Waals surface area contributed by atoms with Gasteiger partial charge in [0.1, 0.15) is 18.1 Å². The fourth-order valence-corrected chi connectivity index (χ4v) is 2.84. The number of nitrogens with one attached hydrogen (secondary N) is 1. The zero-order valence-corrected chi connectivity index (χ0v) is 15.5. The average Bonchev–Trinajstić information content (AvgIpc) is 3.16. The molecule has 1 aromatic carbocycles. The van der Waals surface area contributed by atoms with E-state index < -0.39 is 0 Å². The first-order valence-corrected chi connectivity index (χ1v) is 8.48. The summed E-state index contributed by atoms with van der Waals surface area (Å²) in [6, 6.07) is 11.4. The number of aromatic nitrogens is 2. The number of aryl methyl sites for hydroxylation is 4. The second-order valence-corrected chi connectivity index (χ2v) is 6.46. The van der Waals surface area contributed by atoms with Crippen LogP contribution in [-0.4, -0.2) is 15.7 Å². The minimum absolute atomic E-state index is 0.262. The number of carbonyl (C=O) groups excluding carboxylic acids is 1. The normalized spacial score (nSPS) is 10.8. The van der Waals surface area contributed by atoms with Crippen LogP contribution in [0.3, 0.4) is 0 Å². The third kappa shape index (κ3) is 4.33. The molecule has 3 rings (SSSR count). The van der Waals surface area contributed by atoms with E-state index in [4.69, 9.17) is 9.15 Å². The van der Waals surface area contributed by atoms with E-state index in [9.17, 15) is 4.79 Å². The highest BCUT2D eigenvalue weighted by molar-refractivity contribution is 5.91. The van der Waals surface area contributed by atoms with Gasteiger partial charge >= 0.3 is 0 Å². The largest absolute Gasteiger partial charge is 0.486 e. The van der Waals surface area contributed by atoms with E-state index in [1.807, 2.05) is 46.0 Å². The van der Waals surface area contributed by atoms with Crippen LogP contribution in [0.2, 0.25) is 0 Å². The Hall–Kier alpha value is -3.02. The van der Waals surface area contributed by atoms with Crippen molar-refractivity contribution in [3.8, 4) is 5.75 Å². The molecule has 0 aliphatic rings. The summed E-state index contributed by atoms with van der Waals surface area (Å²) in [5.41, 5.74) is 4.14. The molecule has 26 heavy (non-hydrogen) atoms. The monoisotopic (exact) mass is 353 g/mol. The second kappa shape index (κ2) is 7.47. The lowest BCUT2D eigenvalue weighted by molar-refractivity contribution is 0.0918.